The van der Waals surface area contributed by atoms with Crippen molar-refractivity contribution in [2.75, 3.05) is 19.6 Å². The molecule has 0 spiro atoms. The van der Waals surface area contributed by atoms with Crippen LogP contribution in [0.4, 0.5) is 0 Å². The van der Waals surface area contributed by atoms with E-state index in [1.54, 1.807) is 0 Å². The van der Waals surface area contributed by atoms with Gasteiger partial charge in [0, 0.05) is 13.1 Å². The summed E-state index contributed by atoms with van der Waals surface area (Å²) >= 11 is 0. The number of ether oxygens (including phenoxy) is 1. The first-order chi connectivity index (χ1) is 5.22. The van der Waals surface area contributed by atoms with E-state index in [4.69, 9.17) is 4.74 Å². The first-order valence-electron chi connectivity index (χ1n) is 4.04. The second-order valence-corrected chi connectivity index (χ2v) is 3.14. The molecular weight excluding hydrogens is 142 g/mol. The van der Waals surface area contributed by atoms with Crippen molar-refractivity contribution in [3.05, 3.63) is 0 Å². The van der Waals surface area contributed by atoms with Crippen molar-refractivity contribution in [1.82, 2.24) is 4.90 Å². The first kappa shape index (κ1) is 8.68. The molecule has 1 aliphatic rings. The van der Waals surface area contributed by atoms with E-state index in [0.717, 1.165) is 19.4 Å². The number of rotatable bonds is 2. The molecule has 1 aliphatic heterocycles. The predicted octanol–water partition coefficient (Wildman–Crippen LogP) is 0.294. The van der Waals surface area contributed by atoms with Crippen LogP contribution in [0.3, 0.4) is 0 Å². The number of nitrogens with zero attached hydrogens (tertiary/aromatic N) is 1. The summed E-state index contributed by atoms with van der Waals surface area (Å²) in [7, 11) is 0. The maximum Gasteiger partial charge on any atom is 0.133 e. The van der Waals surface area contributed by atoms with Gasteiger partial charge in [-0.1, -0.05) is 0 Å². The van der Waals surface area contributed by atoms with Crippen LogP contribution in [-0.4, -0.2) is 43.0 Å². The number of carbonyl (C=O) groups excluding carboxylic acids is 1. The lowest BCUT2D eigenvalue weighted by atomic mass is 10.2. The Hall–Kier alpha value is -0.410. The minimum absolute atomic E-state index is 0.263. The average Bonchev–Trinajstić information content (AvgIpc) is 1.85. The van der Waals surface area contributed by atoms with E-state index in [-0.39, 0.29) is 12.2 Å². The summed E-state index contributed by atoms with van der Waals surface area (Å²) in [5.41, 5.74) is 0. The Balaban J connectivity index is 2.36. The Kier molecular flexibility index (Phi) is 3.02. The molecule has 0 aliphatic carbocycles. The summed E-state index contributed by atoms with van der Waals surface area (Å²) in [6.45, 7) is 6.37. The Bertz CT molecular complexity index is 128. The molecule has 1 heterocycles. The van der Waals surface area contributed by atoms with Crippen LogP contribution in [0.2, 0.25) is 0 Å². The van der Waals surface area contributed by atoms with Gasteiger partial charge in [0.15, 0.2) is 0 Å². The van der Waals surface area contributed by atoms with Gasteiger partial charge in [-0.3, -0.25) is 4.90 Å². The first-order valence-corrected chi connectivity index (χ1v) is 4.04. The van der Waals surface area contributed by atoms with E-state index in [2.05, 4.69) is 4.90 Å². The van der Waals surface area contributed by atoms with Crippen molar-refractivity contribution in [2.24, 2.45) is 0 Å². The van der Waals surface area contributed by atoms with Crippen molar-refractivity contribution in [1.29, 1.82) is 0 Å². The van der Waals surface area contributed by atoms with E-state index in [1.807, 2.05) is 13.8 Å². The molecular formula is C8H15NO2. The smallest absolute Gasteiger partial charge is 0.133 e. The molecule has 64 valence electrons. The molecule has 0 aromatic heterocycles. The molecule has 2 atom stereocenters. The monoisotopic (exact) mass is 157 g/mol. The second kappa shape index (κ2) is 3.83. The van der Waals surface area contributed by atoms with E-state index in [9.17, 15) is 4.79 Å². The standard InChI is InChI=1S/C8H15NO2/c1-7-5-9(3-4-10)6-8(2)11-7/h4,7-8H,3,5-6H2,1-2H3/t7-,8+. The fraction of sp³-hybridized carbons (Fsp3) is 0.875. The zero-order valence-corrected chi connectivity index (χ0v) is 7.12. The number of hydrogen-bond acceptors (Lipinski definition) is 3. The largest absolute Gasteiger partial charge is 0.373 e. The van der Waals surface area contributed by atoms with Crippen LogP contribution in [-0.2, 0) is 9.53 Å². The summed E-state index contributed by atoms with van der Waals surface area (Å²) in [6.07, 6.45) is 1.47. The number of aldehydes is 1. The molecule has 0 N–H and O–H groups in total. The lowest BCUT2D eigenvalue weighted by Gasteiger charge is -2.33. The van der Waals surface area contributed by atoms with Gasteiger partial charge in [-0.25, -0.2) is 0 Å². The van der Waals surface area contributed by atoms with Gasteiger partial charge in [-0.15, -0.1) is 0 Å². The molecule has 0 bridgehead atoms. The summed E-state index contributed by atoms with van der Waals surface area (Å²) < 4.78 is 5.51. The summed E-state index contributed by atoms with van der Waals surface area (Å²) in [6, 6.07) is 0. The highest BCUT2D eigenvalue weighted by Crippen LogP contribution is 2.08. The Morgan fingerprint density at radius 1 is 1.45 bits per heavy atom. The molecule has 0 radical (unpaired) electrons. The second-order valence-electron chi connectivity index (χ2n) is 3.14. The van der Waals surface area contributed by atoms with Crippen molar-refractivity contribution >= 4 is 6.29 Å². The quantitative estimate of drug-likeness (QED) is 0.540. The highest BCUT2D eigenvalue weighted by Gasteiger charge is 2.20. The zero-order chi connectivity index (χ0) is 8.27. The van der Waals surface area contributed by atoms with Crippen molar-refractivity contribution in [2.45, 2.75) is 26.1 Å². The third-order valence-corrected chi connectivity index (χ3v) is 1.83. The highest BCUT2D eigenvalue weighted by atomic mass is 16.5. The maximum absolute atomic E-state index is 10.2. The summed E-state index contributed by atoms with van der Waals surface area (Å²) in [4.78, 5) is 12.3. The third kappa shape index (κ3) is 2.60. The van der Waals surface area contributed by atoms with Crippen LogP contribution in [0.5, 0.6) is 0 Å². The van der Waals surface area contributed by atoms with E-state index >= 15 is 0 Å². The minimum atomic E-state index is 0.263. The van der Waals surface area contributed by atoms with Crippen molar-refractivity contribution in [3.8, 4) is 0 Å². The van der Waals surface area contributed by atoms with Gasteiger partial charge < -0.3 is 9.53 Å². The van der Waals surface area contributed by atoms with Crippen LogP contribution in [0.1, 0.15) is 13.8 Å². The van der Waals surface area contributed by atoms with Crippen molar-refractivity contribution in [3.63, 3.8) is 0 Å². The highest BCUT2D eigenvalue weighted by molar-refractivity contribution is 5.51. The Morgan fingerprint density at radius 3 is 2.45 bits per heavy atom. The molecule has 1 fully saturated rings. The van der Waals surface area contributed by atoms with Crippen LogP contribution in [0, 0.1) is 0 Å². The third-order valence-electron chi connectivity index (χ3n) is 1.83. The van der Waals surface area contributed by atoms with Crippen LogP contribution in [0.25, 0.3) is 0 Å². The van der Waals surface area contributed by atoms with Gasteiger partial charge in [0.1, 0.15) is 6.29 Å². The number of hydrogen-bond donors (Lipinski definition) is 0. The van der Waals surface area contributed by atoms with Gasteiger partial charge in [-0.05, 0) is 13.8 Å². The molecule has 1 rings (SSSR count). The molecule has 0 unspecified atom stereocenters. The van der Waals surface area contributed by atoms with Crippen molar-refractivity contribution < 1.29 is 9.53 Å². The fourth-order valence-corrected chi connectivity index (χ4v) is 1.54. The topological polar surface area (TPSA) is 29.5 Å². The average molecular weight is 157 g/mol. The maximum atomic E-state index is 10.2. The SMILES string of the molecule is C[C@@H]1CN(CC=O)C[C@H](C)O1. The molecule has 0 saturated carbocycles. The number of morpholine rings is 1. The van der Waals surface area contributed by atoms with Crippen LogP contribution in [0.15, 0.2) is 0 Å². The van der Waals surface area contributed by atoms with Crippen LogP contribution < -0.4 is 0 Å². The van der Waals surface area contributed by atoms with E-state index in [1.165, 1.54) is 0 Å². The Labute approximate surface area is 67.3 Å². The molecule has 1 saturated heterocycles. The van der Waals surface area contributed by atoms with E-state index in [0.29, 0.717) is 6.54 Å². The van der Waals surface area contributed by atoms with Gasteiger partial charge in [0.25, 0.3) is 0 Å². The number of carbonyl (C=O) groups is 1. The molecule has 3 nitrogen and oxygen atoms in total. The molecule has 0 aromatic carbocycles. The fourth-order valence-electron chi connectivity index (χ4n) is 1.54. The molecule has 0 aromatic rings. The van der Waals surface area contributed by atoms with Gasteiger partial charge in [-0.2, -0.15) is 0 Å². The summed E-state index contributed by atoms with van der Waals surface area (Å²) in [5, 5.41) is 0. The predicted molar refractivity (Wildman–Crippen MR) is 42.5 cm³/mol. The normalized spacial score (nSPS) is 33.6. The van der Waals surface area contributed by atoms with Gasteiger partial charge in [0.2, 0.25) is 0 Å². The molecule has 3 heteroatoms. The van der Waals surface area contributed by atoms with Crippen LogP contribution >= 0.6 is 0 Å². The van der Waals surface area contributed by atoms with Gasteiger partial charge in [0.05, 0.1) is 18.8 Å². The summed E-state index contributed by atoms with van der Waals surface area (Å²) in [5.74, 6) is 0. The van der Waals surface area contributed by atoms with E-state index < -0.39 is 0 Å². The lowest BCUT2D eigenvalue weighted by Crippen LogP contribution is -2.45. The zero-order valence-electron chi connectivity index (χ0n) is 7.12. The lowest BCUT2D eigenvalue weighted by molar-refractivity contribution is -0.112. The van der Waals surface area contributed by atoms with Gasteiger partial charge >= 0.3 is 0 Å². The minimum Gasteiger partial charge on any atom is -0.373 e. The molecule has 0 amide bonds. The molecule has 11 heavy (non-hydrogen) atoms. The Morgan fingerprint density at radius 2 is 2.00 bits per heavy atom.